The third-order valence-corrected chi connectivity index (χ3v) is 3.81. The summed E-state index contributed by atoms with van der Waals surface area (Å²) in [4.78, 5) is 0. The number of nitrogens with zero attached hydrogens (tertiary/aromatic N) is 1. The number of nitrogens with one attached hydrogen (secondary N) is 1. The average molecular weight is 216 g/mol. The molecule has 1 spiro atoms. The molecule has 3 nitrogen and oxygen atoms in total. The summed E-state index contributed by atoms with van der Waals surface area (Å²) in [5, 5.41) is 15.8. The molecule has 0 unspecified atom stereocenters. The van der Waals surface area contributed by atoms with E-state index in [0.29, 0.717) is 0 Å². The van der Waals surface area contributed by atoms with Crippen LogP contribution in [0.2, 0.25) is 0 Å². The third kappa shape index (κ3) is 1.17. The molecule has 3 heteroatoms. The summed E-state index contributed by atoms with van der Waals surface area (Å²) in [5.41, 5.74) is 2.62. The standard InChI is InChI=1S/C13H16N2O/c1-10-11-6-2-3-7-12(11)14-13(15(10)16)8-4-5-9-13/h2-3,6-7,14H,4-5,8-9H2,1H3. The Morgan fingerprint density at radius 2 is 1.94 bits per heavy atom. The van der Waals surface area contributed by atoms with E-state index in [4.69, 9.17) is 0 Å². The van der Waals surface area contributed by atoms with Crippen LogP contribution in [0.5, 0.6) is 0 Å². The van der Waals surface area contributed by atoms with E-state index in [1.165, 1.54) is 4.74 Å². The lowest BCUT2D eigenvalue weighted by atomic mass is 10.00. The molecule has 1 aliphatic carbocycles. The lowest BCUT2D eigenvalue weighted by Crippen LogP contribution is -2.49. The molecule has 1 fully saturated rings. The van der Waals surface area contributed by atoms with Crippen molar-refractivity contribution >= 4 is 11.4 Å². The Bertz CT molecular complexity index is 459. The number of para-hydroxylation sites is 1. The number of benzene rings is 1. The summed E-state index contributed by atoms with van der Waals surface area (Å²) < 4.78 is 1.20. The normalized spacial score (nSPS) is 22.1. The van der Waals surface area contributed by atoms with Crippen molar-refractivity contribution in [1.29, 1.82) is 0 Å². The zero-order valence-electron chi connectivity index (χ0n) is 9.49. The quantitative estimate of drug-likeness (QED) is 0.535. The van der Waals surface area contributed by atoms with E-state index < -0.39 is 0 Å². The van der Waals surface area contributed by atoms with Crippen LogP contribution in [-0.2, 0) is 0 Å². The van der Waals surface area contributed by atoms with Crippen LogP contribution in [0, 0.1) is 5.21 Å². The van der Waals surface area contributed by atoms with Crippen LogP contribution >= 0.6 is 0 Å². The fourth-order valence-electron chi connectivity index (χ4n) is 2.93. The fourth-order valence-corrected chi connectivity index (χ4v) is 2.93. The van der Waals surface area contributed by atoms with Crippen LogP contribution in [0.1, 0.15) is 38.2 Å². The first-order valence-electron chi connectivity index (χ1n) is 5.91. The number of fused-ring (bicyclic) bond motifs is 1. The van der Waals surface area contributed by atoms with Gasteiger partial charge in [-0.05, 0) is 25.0 Å². The van der Waals surface area contributed by atoms with Gasteiger partial charge in [0.1, 0.15) is 0 Å². The van der Waals surface area contributed by atoms with Crippen molar-refractivity contribution in [1.82, 2.24) is 0 Å². The van der Waals surface area contributed by atoms with Gasteiger partial charge in [0.25, 0.3) is 0 Å². The summed E-state index contributed by atoms with van der Waals surface area (Å²) in [6.07, 6.45) is 4.17. The minimum absolute atomic E-state index is 0.363. The van der Waals surface area contributed by atoms with Gasteiger partial charge in [0.15, 0.2) is 5.71 Å². The molecule has 2 aliphatic rings. The van der Waals surface area contributed by atoms with Crippen molar-refractivity contribution < 1.29 is 4.74 Å². The van der Waals surface area contributed by atoms with Crippen molar-refractivity contribution in [3.05, 3.63) is 35.0 Å². The summed E-state index contributed by atoms with van der Waals surface area (Å²) >= 11 is 0. The highest BCUT2D eigenvalue weighted by atomic mass is 16.5. The molecule has 1 aliphatic heterocycles. The molecular formula is C13H16N2O. The van der Waals surface area contributed by atoms with Crippen molar-refractivity contribution in [3.63, 3.8) is 0 Å². The van der Waals surface area contributed by atoms with Gasteiger partial charge in [-0.15, -0.1) is 0 Å². The molecule has 0 radical (unpaired) electrons. The topological polar surface area (TPSA) is 38.1 Å². The Labute approximate surface area is 95.4 Å². The first kappa shape index (κ1) is 9.70. The SMILES string of the molecule is CC1=[N+]([O-])C2(CCCC2)Nc2ccccc21. The monoisotopic (exact) mass is 216 g/mol. The highest BCUT2D eigenvalue weighted by Gasteiger charge is 2.45. The second kappa shape index (κ2) is 3.24. The van der Waals surface area contributed by atoms with Crippen molar-refractivity contribution in [2.75, 3.05) is 5.32 Å². The summed E-state index contributed by atoms with van der Waals surface area (Å²) in [5.74, 6) is 0. The van der Waals surface area contributed by atoms with Crippen LogP contribution in [0.25, 0.3) is 0 Å². The van der Waals surface area contributed by atoms with E-state index in [1.54, 1.807) is 0 Å². The number of hydroxylamine groups is 1. The van der Waals surface area contributed by atoms with E-state index in [1.807, 2.05) is 25.1 Å². The second-order valence-electron chi connectivity index (χ2n) is 4.79. The molecule has 1 N–H and O–H groups in total. The second-order valence-corrected chi connectivity index (χ2v) is 4.79. The van der Waals surface area contributed by atoms with E-state index >= 15 is 0 Å². The molecule has 16 heavy (non-hydrogen) atoms. The molecule has 1 saturated carbocycles. The van der Waals surface area contributed by atoms with Gasteiger partial charge in [0.05, 0.1) is 11.3 Å². The van der Waals surface area contributed by atoms with E-state index in [0.717, 1.165) is 42.6 Å². The molecule has 0 bridgehead atoms. The van der Waals surface area contributed by atoms with Crippen LogP contribution in [-0.4, -0.2) is 16.1 Å². The van der Waals surface area contributed by atoms with Gasteiger partial charge in [-0.3, -0.25) is 0 Å². The average Bonchev–Trinajstić information content (AvgIpc) is 2.76. The molecule has 1 aromatic carbocycles. The van der Waals surface area contributed by atoms with E-state index in [-0.39, 0.29) is 5.66 Å². The predicted molar refractivity (Wildman–Crippen MR) is 64.7 cm³/mol. The Morgan fingerprint density at radius 3 is 2.69 bits per heavy atom. The zero-order chi connectivity index (χ0) is 11.2. The highest BCUT2D eigenvalue weighted by Crippen LogP contribution is 2.37. The first-order chi connectivity index (χ1) is 7.73. The first-order valence-corrected chi connectivity index (χ1v) is 5.91. The van der Waals surface area contributed by atoms with Gasteiger partial charge >= 0.3 is 0 Å². The van der Waals surface area contributed by atoms with Gasteiger partial charge < -0.3 is 10.5 Å². The number of anilines is 1. The Morgan fingerprint density at radius 1 is 1.25 bits per heavy atom. The molecule has 0 saturated heterocycles. The molecule has 1 aromatic rings. The maximum atomic E-state index is 12.3. The van der Waals surface area contributed by atoms with E-state index in [9.17, 15) is 5.21 Å². The van der Waals surface area contributed by atoms with Gasteiger partial charge in [0.2, 0.25) is 5.66 Å². The highest BCUT2D eigenvalue weighted by molar-refractivity contribution is 6.01. The van der Waals surface area contributed by atoms with Gasteiger partial charge in [-0.2, -0.15) is 4.74 Å². The van der Waals surface area contributed by atoms with Gasteiger partial charge in [0, 0.05) is 19.8 Å². The Kier molecular flexibility index (Phi) is 1.96. The number of hydrogen-bond acceptors (Lipinski definition) is 2. The van der Waals surface area contributed by atoms with E-state index in [2.05, 4.69) is 11.4 Å². The molecule has 84 valence electrons. The molecule has 0 atom stereocenters. The van der Waals surface area contributed by atoms with Crippen molar-refractivity contribution in [2.45, 2.75) is 38.3 Å². The third-order valence-electron chi connectivity index (χ3n) is 3.81. The summed E-state index contributed by atoms with van der Waals surface area (Å²) in [6, 6.07) is 8.06. The summed E-state index contributed by atoms with van der Waals surface area (Å²) in [7, 11) is 0. The van der Waals surface area contributed by atoms with Crippen LogP contribution < -0.4 is 5.32 Å². The van der Waals surface area contributed by atoms with Crippen LogP contribution in [0.4, 0.5) is 5.69 Å². The largest absolute Gasteiger partial charge is 0.622 e. The zero-order valence-corrected chi connectivity index (χ0v) is 9.49. The molecular weight excluding hydrogens is 200 g/mol. The number of hydrogen-bond donors (Lipinski definition) is 1. The molecule has 0 amide bonds. The van der Waals surface area contributed by atoms with Gasteiger partial charge in [-0.1, -0.05) is 12.1 Å². The van der Waals surface area contributed by atoms with Gasteiger partial charge in [-0.25, -0.2) is 0 Å². The Hall–Kier alpha value is -1.51. The number of rotatable bonds is 0. The minimum atomic E-state index is -0.363. The van der Waals surface area contributed by atoms with Crippen molar-refractivity contribution in [3.8, 4) is 0 Å². The lowest BCUT2D eigenvalue weighted by Gasteiger charge is -2.35. The molecule has 0 aromatic heterocycles. The van der Waals surface area contributed by atoms with Crippen LogP contribution in [0.15, 0.2) is 24.3 Å². The van der Waals surface area contributed by atoms with Crippen LogP contribution in [0.3, 0.4) is 0 Å². The lowest BCUT2D eigenvalue weighted by molar-refractivity contribution is -0.541. The molecule has 3 rings (SSSR count). The smallest absolute Gasteiger partial charge is 0.246 e. The minimum Gasteiger partial charge on any atom is -0.622 e. The maximum absolute atomic E-state index is 12.3. The predicted octanol–water partition coefficient (Wildman–Crippen LogP) is 2.70. The summed E-state index contributed by atoms with van der Waals surface area (Å²) in [6.45, 7) is 1.92. The fraction of sp³-hybridized carbons (Fsp3) is 0.462. The van der Waals surface area contributed by atoms with Crippen molar-refractivity contribution in [2.24, 2.45) is 0 Å². The maximum Gasteiger partial charge on any atom is 0.246 e. The molecule has 1 heterocycles. The Balaban J connectivity index is 2.16.